The second kappa shape index (κ2) is 6.76. The van der Waals surface area contributed by atoms with E-state index in [2.05, 4.69) is 0 Å². The third kappa shape index (κ3) is 4.15. The van der Waals surface area contributed by atoms with Gasteiger partial charge in [0.05, 0.1) is 19.3 Å². The average molecular weight is 216 g/mol. The zero-order chi connectivity index (χ0) is 11.1. The Morgan fingerprint density at radius 1 is 1.40 bits per heavy atom. The summed E-state index contributed by atoms with van der Waals surface area (Å²) in [4.78, 5) is 13.5. The molecular weight excluding hydrogens is 196 g/mol. The van der Waals surface area contributed by atoms with E-state index in [4.69, 9.17) is 15.6 Å². The van der Waals surface area contributed by atoms with Gasteiger partial charge in [-0.05, 0) is 19.3 Å². The van der Waals surface area contributed by atoms with Crippen molar-refractivity contribution in [1.29, 1.82) is 0 Å². The fraction of sp³-hybridized carbons (Fsp3) is 0.900. The average Bonchev–Trinajstić information content (AvgIpc) is 2.29. The second-order valence-corrected chi connectivity index (χ2v) is 3.76. The van der Waals surface area contributed by atoms with Crippen LogP contribution in [0.4, 0.5) is 0 Å². The number of hydrogen-bond acceptors (Lipinski definition) is 4. The quantitative estimate of drug-likeness (QED) is 0.598. The van der Waals surface area contributed by atoms with Crippen molar-refractivity contribution in [1.82, 2.24) is 4.90 Å². The topological polar surface area (TPSA) is 75.8 Å². The molecule has 5 nitrogen and oxygen atoms in total. The molecule has 0 aliphatic carbocycles. The Kier molecular flexibility index (Phi) is 5.60. The van der Waals surface area contributed by atoms with E-state index < -0.39 is 6.04 Å². The molecule has 5 heteroatoms. The molecule has 0 aromatic heterocycles. The number of hydrogen-bond donors (Lipinski definition) is 2. The fourth-order valence-corrected chi connectivity index (χ4v) is 1.62. The van der Waals surface area contributed by atoms with Gasteiger partial charge in [-0.2, -0.15) is 0 Å². The Morgan fingerprint density at radius 3 is 2.67 bits per heavy atom. The summed E-state index contributed by atoms with van der Waals surface area (Å²) in [5.74, 6) is 0.0104. The Hall–Kier alpha value is -0.650. The van der Waals surface area contributed by atoms with E-state index in [1.165, 1.54) is 0 Å². The standard InChI is InChI=1S/C10H20N2O3/c11-9(3-1-2-6-13)10(14)12-4-7-15-8-5-12/h9,13H,1-8,11H2/t9-/m0/s1. The number of carbonyl (C=O) groups excluding carboxylic acids is 1. The molecule has 1 amide bonds. The van der Waals surface area contributed by atoms with Gasteiger partial charge in [0.1, 0.15) is 0 Å². The van der Waals surface area contributed by atoms with Gasteiger partial charge in [0, 0.05) is 19.7 Å². The molecule has 1 atom stereocenters. The SMILES string of the molecule is N[C@@H](CCCCO)C(=O)N1CCOCC1. The van der Waals surface area contributed by atoms with Crippen LogP contribution in [0.15, 0.2) is 0 Å². The lowest BCUT2D eigenvalue weighted by Crippen LogP contribution is -2.48. The largest absolute Gasteiger partial charge is 0.396 e. The first-order valence-corrected chi connectivity index (χ1v) is 5.48. The molecule has 1 aliphatic rings. The third-order valence-electron chi connectivity index (χ3n) is 2.56. The molecule has 1 rings (SSSR count). The van der Waals surface area contributed by atoms with Crippen LogP contribution in [0.5, 0.6) is 0 Å². The molecular formula is C10H20N2O3. The van der Waals surface area contributed by atoms with Crippen molar-refractivity contribution in [2.24, 2.45) is 5.73 Å². The predicted molar refractivity (Wildman–Crippen MR) is 56.3 cm³/mol. The van der Waals surface area contributed by atoms with Crippen LogP contribution in [-0.2, 0) is 9.53 Å². The van der Waals surface area contributed by atoms with Crippen molar-refractivity contribution in [2.45, 2.75) is 25.3 Å². The van der Waals surface area contributed by atoms with E-state index in [-0.39, 0.29) is 12.5 Å². The Labute approximate surface area is 90.2 Å². The van der Waals surface area contributed by atoms with Crippen LogP contribution >= 0.6 is 0 Å². The van der Waals surface area contributed by atoms with Crippen molar-refractivity contribution >= 4 is 5.91 Å². The number of nitrogens with zero attached hydrogens (tertiary/aromatic N) is 1. The number of morpholine rings is 1. The predicted octanol–water partition coefficient (Wildman–Crippen LogP) is -0.665. The molecule has 15 heavy (non-hydrogen) atoms. The first-order chi connectivity index (χ1) is 7.25. The summed E-state index contributed by atoms with van der Waals surface area (Å²) in [6.45, 7) is 2.67. The van der Waals surface area contributed by atoms with Gasteiger partial charge in [0.25, 0.3) is 0 Å². The number of carbonyl (C=O) groups is 1. The molecule has 0 bridgehead atoms. The number of unbranched alkanes of at least 4 members (excludes halogenated alkanes) is 1. The number of amides is 1. The molecule has 0 radical (unpaired) electrons. The van der Waals surface area contributed by atoms with Gasteiger partial charge >= 0.3 is 0 Å². The van der Waals surface area contributed by atoms with Crippen LogP contribution in [0.2, 0.25) is 0 Å². The lowest BCUT2D eigenvalue weighted by atomic mass is 10.1. The molecule has 0 unspecified atom stereocenters. The molecule has 1 fully saturated rings. The van der Waals surface area contributed by atoms with Crippen LogP contribution in [-0.4, -0.2) is 54.9 Å². The Balaban J connectivity index is 2.24. The van der Waals surface area contributed by atoms with Crippen molar-refractivity contribution in [3.8, 4) is 0 Å². The van der Waals surface area contributed by atoms with Crippen LogP contribution in [0.25, 0.3) is 0 Å². The molecule has 1 heterocycles. The minimum atomic E-state index is -0.422. The minimum Gasteiger partial charge on any atom is -0.396 e. The van der Waals surface area contributed by atoms with E-state index in [0.717, 1.165) is 6.42 Å². The number of rotatable bonds is 5. The highest BCUT2D eigenvalue weighted by Crippen LogP contribution is 2.05. The number of aliphatic hydroxyl groups is 1. The van der Waals surface area contributed by atoms with Gasteiger partial charge in [-0.15, -0.1) is 0 Å². The number of ether oxygens (including phenoxy) is 1. The minimum absolute atomic E-state index is 0.0104. The zero-order valence-electron chi connectivity index (χ0n) is 9.02. The van der Waals surface area contributed by atoms with Crippen molar-refractivity contribution in [3.63, 3.8) is 0 Å². The smallest absolute Gasteiger partial charge is 0.239 e. The van der Waals surface area contributed by atoms with E-state index >= 15 is 0 Å². The molecule has 1 aliphatic heterocycles. The summed E-state index contributed by atoms with van der Waals surface area (Å²) in [7, 11) is 0. The molecule has 88 valence electrons. The van der Waals surface area contributed by atoms with Crippen LogP contribution < -0.4 is 5.73 Å². The maximum atomic E-state index is 11.8. The van der Waals surface area contributed by atoms with E-state index in [0.29, 0.717) is 39.1 Å². The molecule has 0 saturated carbocycles. The van der Waals surface area contributed by atoms with Gasteiger partial charge < -0.3 is 20.5 Å². The van der Waals surface area contributed by atoms with E-state index in [1.807, 2.05) is 0 Å². The van der Waals surface area contributed by atoms with Gasteiger partial charge in [0.2, 0.25) is 5.91 Å². The third-order valence-corrected chi connectivity index (χ3v) is 2.56. The summed E-state index contributed by atoms with van der Waals surface area (Å²) in [5.41, 5.74) is 5.78. The lowest BCUT2D eigenvalue weighted by molar-refractivity contribution is -0.136. The van der Waals surface area contributed by atoms with Gasteiger partial charge in [0.15, 0.2) is 0 Å². The molecule has 0 spiro atoms. The van der Waals surface area contributed by atoms with Gasteiger partial charge in [-0.1, -0.05) is 0 Å². The fourth-order valence-electron chi connectivity index (χ4n) is 1.62. The Bertz CT molecular complexity index is 193. The molecule has 3 N–H and O–H groups in total. The van der Waals surface area contributed by atoms with Crippen molar-refractivity contribution < 1.29 is 14.6 Å². The van der Waals surface area contributed by atoms with E-state index in [9.17, 15) is 4.79 Å². The lowest BCUT2D eigenvalue weighted by Gasteiger charge is -2.29. The van der Waals surface area contributed by atoms with Gasteiger partial charge in [-0.3, -0.25) is 4.79 Å². The highest BCUT2D eigenvalue weighted by molar-refractivity contribution is 5.81. The summed E-state index contributed by atoms with van der Waals surface area (Å²) >= 11 is 0. The van der Waals surface area contributed by atoms with Crippen LogP contribution in [0.1, 0.15) is 19.3 Å². The molecule has 0 aromatic carbocycles. The maximum absolute atomic E-state index is 11.8. The first-order valence-electron chi connectivity index (χ1n) is 5.48. The van der Waals surface area contributed by atoms with Crippen molar-refractivity contribution in [2.75, 3.05) is 32.9 Å². The van der Waals surface area contributed by atoms with Crippen LogP contribution in [0, 0.1) is 0 Å². The highest BCUT2D eigenvalue weighted by Gasteiger charge is 2.22. The first kappa shape index (κ1) is 12.4. The summed E-state index contributed by atoms with van der Waals surface area (Å²) < 4.78 is 5.16. The molecule has 1 saturated heterocycles. The maximum Gasteiger partial charge on any atom is 0.239 e. The van der Waals surface area contributed by atoms with Crippen LogP contribution in [0.3, 0.4) is 0 Å². The number of nitrogens with two attached hydrogens (primary N) is 1. The normalized spacial score (nSPS) is 18.9. The summed E-state index contributed by atoms with van der Waals surface area (Å²) in [6.07, 6.45) is 2.16. The monoisotopic (exact) mass is 216 g/mol. The summed E-state index contributed by atoms with van der Waals surface area (Å²) in [6, 6.07) is -0.422. The summed E-state index contributed by atoms with van der Waals surface area (Å²) in [5, 5.41) is 8.61. The van der Waals surface area contributed by atoms with Gasteiger partial charge in [-0.25, -0.2) is 0 Å². The second-order valence-electron chi connectivity index (χ2n) is 3.76. The van der Waals surface area contributed by atoms with E-state index in [1.54, 1.807) is 4.90 Å². The van der Waals surface area contributed by atoms with Crippen molar-refractivity contribution in [3.05, 3.63) is 0 Å². The zero-order valence-corrected chi connectivity index (χ0v) is 9.02. The number of aliphatic hydroxyl groups excluding tert-OH is 1. The Morgan fingerprint density at radius 2 is 2.07 bits per heavy atom. The molecule has 0 aromatic rings. The highest BCUT2D eigenvalue weighted by atomic mass is 16.5.